The van der Waals surface area contributed by atoms with Gasteiger partial charge >= 0.3 is 6.16 Å². The van der Waals surface area contributed by atoms with Crippen LogP contribution in [0.5, 0.6) is 0 Å². The van der Waals surface area contributed by atoms with Crippen molar-refractivity contribution >= 4 is 6.16 Å². The van der Waals surface area contributed by atoms with E-state index in [1.165, 1.54) is 38.5 Å². The molecule has 0 aromatic carbocycles. The number of ether oxygens (including phenoxy) is 1. The second-order valence-corrected chi connectivity index (χ2v) is 6.95. The Morgan fingerprint density at radius 3 is 2.21 bits per heavy atom. The van der Waals surface area contributed by atoms with Crippen LogP contribution in [0.2, 0.25) is 0 Å². The van der Waals surface area contributed by atoms with Gasteiger partial charge in [0, 0.05) is 5.54 Å². The van der Waals surface area contributed by atoms with Gasteiger partial charge < -0.3 is 15.2 Å². The minimum atomic E-state index is -1.16. The van der Waals surface area contributed by atoms with Gasteiger partial charge in [-0.2, -0.15) is 0 Å². The molecule has 0 radical (unpaired) electrons. The summed E-state index contributed by atoms with van der Waals surface area (Å²) in [5, 5.41) is 12.2. The molecule has 4 fully saturated rings. The number of hydrogen-bond acceptors (Lipinski definition) is 3. The largest absolute Gasteiger partial charge is 0.505 e. The summed E-state index contributed by atoms with van der Waals surface area (Å²) < 4.78 is 4.53. The molecule has 0 atom stereocenters. The summed E-state index contributed by atoms with van der Waals surface area (Å²) in [7, 11) is 0. The van der Waals surface area contributed by atoms with E-state index in [2.05, 4.69) is 10.1 Å². The molecule has 0 heterocycles. The van der Waals surface area contributed by atoms with Gasteiger partial charge in [0.1, 0.15) is 0 Å². The molecule has 2 N–H and O–H groups in total. The smallest absolute Gasteiger partial charge is 0.450 e. The molecule has 0 amide bonds. The van der Waals surface area contributed by atoms with Crippen LogP contribution in [0.4, 0.5) is 4.79 Å². The fourth-order valence-electron chi connectivity index (χ4n) is 5.07. The highest BCUT2D eigenvalue weighted by molar-refractivity contribution is 5.56. The van der Waals surface area contributed by atoms with Crippen LogP contribution in [-0.2, 0) is 4.74 Å². The molecule has 0 aliphatic heterocycles. The van der Waals surface area contributed by atoms with Crippen LogP contribution in [0.1, 0.15) is 51.4 Å². The van der Waals surface area contributed by atoms with E-state index in [0.29, 0.717) is 12.1 Å². The van der Waals surface area contributed by atoms with Crippen LogP contribution in [0, 0.1) is 17.8 Å². The van der Waals surface area contributed by atoms with Gasteiger partial charge in [0.25, 0.3) is 0 Å². The van der Waals surface area contributed by atoms with E-state index >= 15 is 0 Å². The molecule has 4 aliphatic rings. The van der Waals surface area contributed by atoms with Gasteiger partial charge in [-0.1, -0.05) is 0 Å². The number of hydrogen-bond donors (Lipinski definition) is 2. The molecule has 19 heavy (non-hydrogen) atoms. The van der Waals surface area contributed by atoms with Crippen LogP contribution >= 0.6 is 0 Å². The second kappa shape index (κ2) is 5.31. The Kier molecular flexibility index (Phi) is 3.70. The molecular weight excluding hydrogens is 242 g/mol. The summed E-state index contributed by atoms with van der Waals surface area (Å²) >= 11 is 0. The van der Waals surface area contributed by atoms with Crippen molar-refractivity contribution < 1.29 is 14.6 Å². The van der Waals surface area contributed by atoms with Crippen LogP contribution in [-0.4, -0.2) is 30.0 Å². The van der Waals surface area contributed by atoms with Gasteiger partial charge in [0.15, 0.2) is 0 Å². The number of nitrogens with one attached hydrogen (secondary N) is 1. The molecule has 4 aliphatic carbocycles. The molecule has 0 aromatic rings. The van der Waals surface area contributed by atoms with E-state index in [4.69, 9.17) is 5.11 Å². The first-order valence-electron chi connectivity index (χ1n) is 7.76. The summed E-state index contributed by atoms with van der Waals surface area (Å²) in [5.74, 6) is 2.94. The lowest BCUT2D eigenvalue weighted by Gasteiger charge is -2.57. The van der Waals surface area contributed by atoms with Crippen molar-refractivity contribution in [1.29, 1.82) is 0 Å². The zero-order chi connectivity index (χ0) is 13.3. The Hall–Kier alpha value is -0.770. The van der Waals surface area contributed by atoms with Crippen molar-refractivity contribution in [2.45, 2.75) is 56.9 Å². The van der Waals surface area contributed by atoms with E-state index in [-0.39, 0.29) is 0 Å². The van der Waals surface area contributed by atoms with Gasteiger partial charge in [-0.05, 0) is 75.7 Å². The summed E-state index contributed by atoms with van der Waals surface area (Å²) in [5.41, 5.74) is 0.433. The maximum Gasteiger partial charge on any atom is 0.505 e. The molecule has 0 aromatic heterocycles. The minimum Gasteiger partial charge on any atom is -0.450 e. The monoisotopic (exact) mass is 267 g/mol. The standard InChI is InChI=1S/C15H25NO3/c17-14(18)19-4-2-1-3-16-15-8-11-5-12(9-15)7-13(6-11)10-15/h11-13,16H,1-10H2,(H,17,18). The third-order valence-electron chi connectivity index (χ3n) is 5.33. The molecule has 4 heteroatoms. The Labute approximate surface area is 114 Å². The zero-order valence-electron chi connectivity index (χ0n) is 11.6. The van der Waals surface area contributed by atoms with Crippen molar-refractivity contribution in [3.8, 4) is 0 Å². The van der Waals surface area contributed by atoms with Gasteiger partial charge in [-0.15, -0.1) is 0 Å². The van der Waals surface area contributed by atoms with Crippen molar-refractivity contribution in [2.75, 3.05) is 13.2 Å². The first-order chi connectivity index (χ1) is 9.15. The lowest BCUT2D eigenvalue weighted by molar-refractivity contribution is -0.0197. The van der Waals surface area contributed by atoms with E-state index in [1.54, 1.807) is 0 Å². The molecule has 0 spiro atoms. The molecule has 4 bridgehead atoms. The molecule has 4 rings (SSSR count). The highest BCUT2D eigenvalue weighted by atomic mass is 16.7. The summed E-state index contributed by atoms with van der Waals surface area (Å²) in [6, 6.07) is 0. The van der Waals surface area contributed by atoms with Gasteiger partial charge in [-0.3, -0.25) is 0 Å². The molecule has 108 valence electrons. The lowest BCUT2D eigenvalue weighted by atomic mass is 9.53. The lowest BCUT2D eigenvalue weighted by Crippen LogP contribution is -2.58. The van der Waals surface area contributed by atoms with E-state index in [1.807, 2.05) is 0 Å². The van der Waals surface area contributed by atoms with Gasteiger partial charge in [0.05, 0.1) is 6.61 Å². The summed E-state index contributed by atoms with van der Waals surface area (Å²) in [6.07, 6.45) is 9.25. The first kappa shape index (κ1) is 13.2. The fourth-order valence-corrected chi connectivity index (χ4v) is 5.07. The Morgan fingerprint density at radius 2 is 1.68 bits per heavy atom. The van der Waals surface area contributed by atoms with E-state index in [0.717, 1.165) is 37.1 Å². The third-order valence-corrected chi connectivity index (χ3v) is 5.33. The molecule has 0 unspecified atom stereocenters. The maximum atomic E-state index is 10.2. The number of unbranched alkanes of at least 4 members (excludes halogenated alkanes) is 1. The highest BCUT2D eigenvalue weighted by Gasteiger charge is 2.50. The van der Waals surface area contributed by atoms with Crippen molar-refractivity contribution in [3.63, 3.8) is 0 Å². The average molecular weight is 267 g/mol. The topological polar surface area (TPSA) is 58.6 Å². The number of carbonyl (C=O) groups is 1. The number of carboxylic acid groups (broad SMARTS) is 1. The summed E-state index contributed by atoms with van der Waals surface area (Å²) in [6.45, 7) is 1.34. The quantitative estimate of drug-likeness (QED) is 0.573. The Bertz CT molecular complexity index is 307. The maximum absolute atomic E-state index is 10.2. The predicted molar refractivity (Wildman–Crippen MR) is 72.1 cm³/mol. The molecular formula is C15H25NO3. The first-order valence-corrected chi connectivity index (χ1v) is 7.76. The Balaban J connectivity index is 1.39. The Morgan fingerprint density at radius 1 is 1.11 bits per heavy atom. The van der Waals surface area contributed by atoms with Gasteiger partial charge in [-0.25, -0.2) is 4.79 Å². The average Bonchev–Trinajstić information content (AvgIpc) is 2.31. The fraction of sp³-hybridized carbons (Fsp3) is 0.933. The second-order valence-electron chi connectivity index (χ2n) is 6.95. The SMILES string of the molecule is O=C(O)OCCCCNC12CC3CC(CC(C3)C1)C2. The predicted octanol–water partition coefficient (Wildman–Crippen LogP) is 3.02. The molecule has 4 saturated carbocycles. The minimum absolute atomic E-state index is 0.331. The summed E-state index contributed by atoms with van der Waals surface area (Å²) in [4.78, 5) is 10.2. The van der Waals surface area contributed by atoms with Crippen LogP contribution in [0.3, 0.4) is 0 Å². The van der Waals surface area contributed by atoms with E-state index < -0.39 is 6.16 Å². The van der Waals surface area contributed by atoms with Crippen LogP contribution in [0.15, 0.2) is 0 Å². The van der Waals surface area contributed by atoms with Crippen molar-refractivity contribution in [3.05, 3.63) is 0 Å². The van der Waals surface area contributed by atoms with Crippen LogP contribution < -0.4 is 5.32 Å². The van der Waals surface area contributed by atoms with E-state index in [9.17, 15) is 4.79 Å². The van der Waals surface area contributed by atoms with Crippen molar-refractivity contribution in [2.24, 2.45) is 17.8 Å². The zero-order valence-corrected chi connectivity index (χ0v) is 11.6. The molecule has 4 nitrogen and oxygen atoms in total. The van der Waals surface area contributed by atoms with Crippen LogP contribution in [0.25, 0.3) is 0 Å². The highest BCUT2D eigenvalue weighted by Crippen LogP contribution is 2.55. The number of rotatable bonds is 6. The normalized spacial score (nSPS) is 39.5. The molecule has 0 saturated heterocycles. The third kappa shape index (κ3) is 3.04. The van der Waals surface area contributed by atoms with Crippen molar-refractivity contribution in [1.82, 2.24) is 5.32 Å². The van der Waals surface area contributed by atoms with Gasteiger partial charge in [0.2, 0.25) is 0 Å².